The second-order valence-corrected chi connectivity index (χ2v) is 4.33. The normalized spacial score (nSPS) is 10.1. The van der Waals surface area contributed by atoms with E-state index >= 15 is 0 Å². The first-order valence-electron chi connectivity index (χ1n) is 5.31. The fraction of sp³-hybridized carbons (Fsp3) is 0.273. The Morgan fingerprint density at radius 1 is 1.44 bits per heavy atom. The van der Waals surface area contributed by atoms with Crippen molar-refractivity contribution in [3.05, 3.63) is 29.8 Å². The van der Waals surface area contributed by atoms with E-state index in [1.165, 1.54) is 24.8 Å². The summed E-state index contributed by atoms with van der Waals surface area (Å²) >= 11 is 1.47. The van der Waals surface area contributed by atoms with Gasteiger partial charge in [-0.3, -0.25) is 4.79 Å². The number of nitrogens with one attached hydrogen (secondary N) is 1. The number of aryl methyl sites for hydroxylation is 1. The number of nitrogens with zero attached hydrogens (tertiary/aromatic N) is 3. The molecule has 7 heteroatoms. The summed E-state index contributed by atoms with van der Waals surface area (Å²) in [5, 5.41) is 5.76. The summed E-state index contributed by atoms with van der Waals surface area (Å²) < 4.78 is 4.58. The number of esters is 1. The van der Waals surface area contributed by atoms with Gasteiger partial charge in [0.05, 0.1) is 37.3 Å². The molecule has 0 unspecified atom stereocenters. The van der Waals surface area contributed by atoms with Crippen molar-refractivity contribution in [2.24, 2.45) is 0 Å². The Balaban J connectivity index is 1.92. The van der Waals surface area contributed by atoms with Gasteiger partial charge in [0.2, 0.25) is 0 Å². The molecule has 0 bridgehead atoms. The molecule has 0 saturated carbocycles. The van der Waals surface area contributed by atoms with Gasteiger partial charge in [0, 0.05) is 11.8 Å². The van der Waals surface area contributed by atoms with Crippen molar-refractivity contribution >= 4 is 28.1 Å². The maximum atomic E-state index is 11.0. The van der Waals surface area contributed by atoms with Crippen LogP contribution in [0.25, 0.3) is 0 Å². The van der Waals surface area contributed by atoms with Crippen LogP contribution in [0.2, 0.25) is 0 Å². The fourth-order valence-electron chi connectivity index (χ4n) is 1.30. The predicted molar refractivity (Wildman–Crippen MR) is 67.8 cm³/mol. The van der Waals surface area contributed by atoms with Crippen molar-refractivity contribution in [1.82, 2.24) is 15.0 Å². The number of thiazole rings is 1. The lowest BCUT2D eigenvalue weighted by Gasteiger charge is -1.99. The molecule has 2 aromatic heterocycles. The van der Waals surface area contributed by atoms with Crippen LogP contribution in [0.15, 0.2) is 24.1 Å². The molecule has 0 amide bonds. The van der Waals surface area contributed by atoms with Gasteiger partial charge in [0.1, 0.15) is 6.33 Å². The minimum atomic E-state index is -0.228. The topological polar surface area (TPSA) is 77.0 Å². The van der Waals surface area contributed by atoms with Crippen LogP contribution in [-0.2, 0) is 16.0 Å². The van der Waals surface area contributed by atoms with Gasteiger partial charge >= 0.3 is 5.97 Å². The highest BCUT2D eigenvalue weighted by Crippen LogP contribution is 2.20. The lowest BCUT2D eigenvalue weighted by Crippen LogP contribution is -2.02. The average molecular weight is 264 g/mol. The Labute approximate surface area is 108 Å². The van der Waals surface area contributed by atoms with E-state index in [0.717, 1.165) is 16.5 Å². The van der Waals surface area contributed by atoms with Gasteiger partial charge < -0.3 is 10.1 Å². The predicted octanol–water partition coefficient (Wildman–Crippen LogP) is 1.78. The van der Waals surface area contributed by atoms with E-state index in [1.54, 1.807) is 12.4 Å². The number of methoxy groups -OCH3 is 1. The molecule has 0 radical (unpaired) electrons. The maximum absolute atomic E-state index is 11.0. The Bertz CT molecular complexity index is 515. The molecular formula is C11H12N4O2S. The van der Waals surface area contributed by atoms with Crippen molar-refractivity contribution < 1.29 is 9.53 Å². The van der Waals surface area contributed by atoms with Gasteiger partial charge in [-0.05, 0) is 0 Å². The molecule has 0 saturated heterocycles. The molecule has 0 aliphatic rings. The number of ether oxygens (including phenoxy) is 1. The first kappa shape index (κ1) is 12.4. The standard InChI is InChI=1S/C11H12N4O2S/c1-17-10(16)3-2-8-6-18-11(14-8)15-9-4-12-7-13-5-9/h4-7H,2-3H2,1H3,(H,14,15). The quantitative estimate of drug-likeness (QED) is 0.829. The maximum Gasteiger partial charge on any atom is 0.305 e. The average Bonchev–Trinajstić information content (AvgIpc) is 2.85. The van der Waals surface area contributed by atoms with Gasteiger partial charge in [-0.25, -0.2) is 15.0 Å². The van der Waals surface area contributed by atoms with E-state index in [1.807, 2.05) is 5.38 Å². The Morgan fingerprint density at radius 3 is 2.94 bits per heavy atom. The Kier molecular flexibility index (Phi) is 4.19. The highest BCUT2D eigenvalue weighted by Gasteiger charge is 2.06. The highest BCUT2D eigenvalue weighted by molar-refractivity contribution is 7.13. The molecular weight excluding hydrogens is 252 g/mol. The largest absolute Gasteiger partial charge is 0.469 e. The van der Waals surface area contributed by atoms with Crippen molar-refractivity contribution in [2.75, 3.05) is 12.4 Å². The van der Waals surface area contributed by atoms with Gasteiger partial charge in [0.15, 0.2) is 5.13 Å². The lowest BCUT2D eigenvalue weighted by atomic mass is 10.2. The smallest absolute Gasteiger partial charge is 0.305 e. The molecule has 0 aliphatic heterocycles. The van der Waals surface area contributed by atoms with Crippen LogP contribution in [0.1, 0.15) is 12.1 Å². The molecule has 0 spiro atoms. The zero-order chi connectivity index (χ0) is 12.8. The molecule has 0 aliphatic carbocycles. The molecule has 18 heavy (non-hydrogen) atoms. The molecule has 2 aromatic rings. The van der Waals surface area contributed by atoms with Crippen LogP contribution >= 0.6 is 11.3 Å². The summed E-state index contributed by atoms with van der Waals surface area (Å²) in [4.78, 5) is 23.2. The zero-order valence-electron chi connectivity index (χ0n) is 9.79. The van der Waals surface area contributed by atoms with Crippen LogP contribution in [0.3, 0.4) is 0 Å². The number of carbonyl (C=O) groups is 1. The SMILES string of the molecule is COC(=O)CCc1csc(Nc2cncnc2)n1. The monoisotopic (exact) mass is 264 g/mol. The molecule has 94 valence electrons. The minimum Gasteiger partial charge on any atom is -0.469 e. The number of hydrogen-bond donors (Lipinski definition) is 1. The van der Waals surface area contributed by atoms with Crippen LogP contribution < -0.4 is 5.32 Å². The van der Waals surface area contributed by atoms with Crippen LogP contribution in [0.5, 0.6) is 0 Å². The van der Waals surface area contributed by atoms with Crippen LogP contribution in [-0.4, -0.2) is 28.0 Å². The summed E-state index contributed by atoms with van der Waals surface area (Å²) in [7, 11) is 1.38. The molecule has 0 fully saturated rings. The minimum absolute atomic E-state index is 0.228. The summed E-state index contributed by atoms with van der Waals surface area (Å²) in [6.07, 6.45) is 5.73. The van der Waals surface area contributed by atoms with E-state index in [-0.39, 0.29) is 5.97 Å². The first-order valence-corrected chi connectivity index (χ1v) is 6.19. The van der Waals surface area contributed by atoms with Crippen LogP contribution in [0, 0.1) is 0 Å². The lowest BCUT2D eigenvalue weighted by molar-refractivity contribution is -0.140. The third-order valence-corrected chi connectivity index (χ3v) is 2.98. The van der Waals surface area contributed by atoms with Gasteiger partial charge in [0.25, 0.3) is 0 Å². The van der Waals surface area contributed by atoms with Gasteiger partial charge in [-0.1, -0.05) is 0 Å². The molecule has 2 heterocycles. The highest BCUT2D eigenvalue weighted by atomic mass is 32.1. The first-order chi connectivity index (χ1) is 8.78. The number of anilines is 2. The van der Waals surface area contributed by atoms with E-state index in [9.17, 15) is 4.79 Å². The van der Waals surface area contributed by atoms with Crippen molar-refractivity contribution in [3.63, 3.8) is 0 Å². The van der Waals surface area contributed by atoms with Crippen LogP contribution in [0.4, 0.5) is 10.8 Å². The van der Waals surface area contributed by atoms with E-state index in [4.69, 9.17) is 0 Å². The molecule has 6 nitrogen and oxygen atoms in total. The van der Waals surface area contributed by atoms with E-state index in [0.29, 0.717) is 12.8 Å². The summed E-state index contributed by atoms with van der Waals surface area (Å²) in [5.74, 6) is -0.228. The summed E-state index contributed by atoms with van der Waals surface area (Å²) in [6.45, 7) is 0. The van der Waals surface area contributed by atoms with Gasteiger partial charge in [-0.2, -0.15) is 0 Å². The third kappa shape index (κ3) is 3.49. The summed E-state index contributed by atoms with van der Waals surface area (Å²) in [5.41, 5.74) is 1.65. The van der Waals surface area contributed by atoms with E-state index in [2.05, 4.69) is 25.0 Å². The second-order valence-electron chi connectivity index (χ2n) is 3.47. The van der Waals surface area contributed by atoms with Crippen molar-refractivity contribution in [3.8, 4) is 0 Å². The van der Waals surface area contributed by atoms with Crippen molar-refractivity contribution in [1.29, 1.82) is 0 Å². The third-order valence-electron chi connectivity index (χ3n) is 2.18. The van der Waals surface area contributed by atoms with E-state index < -0.39 is 0 Å². The molecule has 2 rings (SSSR count). The summed E-state index contributed by atoms with van der Waals surface area (Å²) in [6, 6.07) is 0. The number of aromatic nitrogens is 3. The number of carbonyl (C=O) groups excluding carboxylic acids is 1. The molecule has 0 atom stereocenters. The fourth-order valence-corrected chi connectivity index (χ4v) is 2.06. The number of rotatable bonds is 5. The molecule has 1 N–H and O–H groups in total. The molecule has 0 aromatic carbocycles. The van der Waals surface area contributed by atoms with Crippen molar-refractivity contribution in [2.45, 2.75) is 12.8 Å². The Morgan fingerprint density at radius 2 is 2.22 bits per heavy atom. The number of hydrogen-bond acceptors (Lipinski definition) is 7. The Hall–Kier alpha value is -2.02. The second kappa shape index (κ2) is 6.06. The zero-order valence-corrected chi connectivity index (χ0v) is 10.6. The van der Waals surface area contributed by atoms with Gasteiger partial charge in [-0.15, -0.1) is 11.3 Å².